The van der Waals surface area contributed by atoms with Crippen molar-refractivity contribution in [1.82, 2.24) is 0 Å². The zero-order valence-electron chi connectivity index (χ0n) is 34.3. The topological polar surface area (TPSA) is 466 Å². The molecule has 6 aliphatic rings. The second-order valence-electron chi connectivity index (χ2n) is 16.6. The summed E-state index contributed by atoms with van der Waals surface area (Å²) in [4.78, 5) is 149. The minimum atomic E-state index is -6.69. The van der Waals surface area contributed by atoms with Gasteiger partial charge in [0, 0.05) is 13.1 Å². The van der Waals surface area contributed by atoms with Gasteiger partial charge in [-0.2, -0.15) is 0 Å². The number of hydrogen-bond acceptors (Lipinski definition) is 35. The van der Waals surface area contributed by atoms with Crippen molar-refractivity contribution in [3.63, 3.8) is 0 Å². The van der Waals surface area contributed by atoms with E-state index in [1.807, 2.05) is 0 Å². The Balaban J connectivity index is 1.63. The number of hydrogen-bond donors (Lipinski definition) is 13. The summed E-state index contributed by atoms with van der Waals surface area (Å²) in [5.74, 6) is 0. The quantitative estimate of drug-likeness (QED) is 0.110. The van der Waals surface area contributed by atoms with Gasteiger partial charge in [-0.15, -0.1) is 0 Å². The lowest BCUT2D eigenvalue weighted by molar-refractivity contribution is -0.114. The molecular formula is C11H46O35Si17. The van der Waals surface area contributed by atoms with E-state index in [1.165, 1.54) is 58.9 Å². The van der Waals surface area contributed by atoms with Gasteiger partial charge in [0.15, 0.2) is 25.0 Å². The lowest BCUT2D eigenvalue weighted by atomic mass is 11.8. The second-order valence-corrected chi connectivity index (χ2v) is 63.4. The van der Waals surface area contributed by atoms with Crippen LogP contribution in [0.25, 0.3) is 0 Å². The van der Waals surface area contributed by atoms with E-state index in [9.17, 15) is 62.3 Å². The van der Waals surface area contributed by atoms with E-state index in [1.54, 1.807) is 0 Å². The highest BCUT2D eigenvalue weighted by Crippen LogP contribution is 2.47. The Bertz CT molecular complexity index is 1770. The molecule has 0 aromatic rings. The molecule has 6 aliphatic heterocycles. The molecular weight excluding hydrogens is 1170 g/mol. The van der Waals surface area contributed by atoms with Gasteiger partial charge >= 0.3 is 126 Å². The summed E-state index contributed by atoms with van der Waals surface area (Å²) in [5, 5.41) is 0. The number of rotatable bonds is 6. The molecule has 0 aliphatic carbocycles. The van der Waals surface area contributed by atoms with E-state index in [-0.39, 0.29) is 0 Å². The van der Waals surface area contributed by atoms with Crippen molar-refractivity contribution >= 4 is 151 Å². The van der Waals surface area contributed by atoms with Gasteiger partial charge in [0.1, 0.15) is 0 Å². The third-order valence-electron chi connectivity index (χ3n) is 6.47. The van der Waals surface area contributed by atoms with Crippen molar-refractivity contribution in [2.75, 3.05) is 0 Å². The average Bonchev–Trinajstić information content (AvgIpc) is 2.79. The molecule has 6 fully saturated rings. The van der Waals surface area contributed by atoms with Crippen LogP contribution in [0.15, 0.2) is 0 Å². The first kappa shape index (κ1) is 54.6. The maximum atomic E-state index is 12.1. The van der Waals surface area contributed by atoms with E-state index in [0.29, 0.717) is 0 Å². The van der Waals surface area contributed by atoms with Crippen LogP contribution in [0, 0.1) is 0 Å². The Morgan fingerprint density at radius 1 is 0.286 bits per heavy atom. The molecule has 13 N–H and O–H groups in total. The van der Waals surface area contributed by atoms with Gasteiger partial charge in [0.25, 0.3) is 0 Å². The maximum absolute atomic E-state index is 12.1. The Morgan fingerprint density at radius 2 is 0.619 bits per heavy atom. The predicted octanol–water partition coefficient (Wildman–Crippen LogP) is -8.80. The molecule has 0 aromatic heterocycles. The molecule has 35 nitrogen and oxygen atoms in total. The third-order valence-corrected chi connectivity index (χ3v) is 58.3. The molecule has 0 saturated carbocycles. The minimum Gasteiger partial charge on any atom is -0.395 e. The molecule has 52 heteroatoms. The summed E-state index contributed by atoms with van der Waals surface area (Å²) in [6, 6.07) is 0. The summed E-state index contributed by atoms with van der Waals surface area (Å²) in [6.45, 7) is 14.8. The SMILES string of the molecule is C[Si](C)(C)O[Si]1(O)O[Si](C)(O)O[Si]2(O)O[Si](O)(O1)O[Si]1(O)O[Si](O)(O)O[Si]34O[Si](O)(O)O[Si](O)(O)O[Si]5(O[Si](C)(O[Si](O)(O[Si](C)(C)C)O[Si](O)(O[Si](C)(C)C)O5)O[Si](O2)(O1)O3)O4. The maximum Gasteiger partial charge on any atom is 0.662 e. The molecule has 3 spiro atoms. The molecule has 63 heavy (non-hydrogen) atoms. The van der Waals surface area contributed by atoms with Gasteiger partial charge in [-0.25, -0.2) is 0 Å². The van der Waals surface area contributed by atoms with Crippen LogP contribution in [0.3, 0.4) is 0 Å². The van der Waals surface area contributed by atoms with Crippen molar-refractivity contribution in [2.45, 2.75) is 72.0 Å². The van der Waals surface area contributed by atoms with Crippen LogP contribution < -0.4 is 0 Å². The van der Waals surface area contributed by atoms with Crippen molar-refractivity contribution in [2.24, 2.45) is 0 Å². The van der Waals surface area contributed by atoms with Crippen LogP contribution in [-0.2, 0) is 90.5 Å². The predicted molar refractivity (Wildman–Crippen MR) is 215 cm³/mol. The molecule has 0 aromatic carbocycles. The van der Waals surface area contributed by atoms with Gasteiger partial charge in [0.2, 0.25) is 0 Å². The minimum absolute atomic E-state index is 0.736. The molecule has 7 bridgehead atoms. The Hall–Kier alpha value is 2.29. The summed E-state index contributed by atoms with van der Waals surface area (Å²) < 4.78 is 121. The first-order valence-corrected chi connectivity index (χ1v) is 52.2. The molecule has 0 radical (unpaired) electrons. The van der Waals surface area contributed by atoms with Gasteiger partial charge in [-0.1, -0.05) is 0 Å². The number of fused-ring (bicyclic) bond motifs is 4. The van der Waals surface area contributed by atoms with E-state index in [0.717, 1.165) is 13.1 Å². The van der Waals surface area contributed by atoms with Gasteiger partial charge in [-0.3, -0.25) is 0 Å². The molecule has 6 rings (SSSR count). The van der Waals surface area contributed by atoms with Crippen LogP contribution >= 0.6 is 0 Å². The molecule has 6 saturated heterocycles. The van der Waals surface area contributed by atoms with Crippen LogP contribution in [-0.4, -0.2) is 213 Å². The highest BCUT2D eigenvalue weighted by atomic mass is 28.7. The van der Waals surface area contributed by atoms with Crippen molar-refractivity contribution in [1.29, 1.82) is 0 Å². The van der Waals surface area contributed by atoms with Crippen LogP contribution in [0.1, 0.15) is 0 Å². The average molecular weight is 1220 g/mol. The van der Waals surface area contributed by atoms with Crippen LogP contribution in [0.2, 0.25) is 72.0 Å². The zero-order chi connectivity index (χ0) is 48.1. The monoisotopic (exact) mass is 1210 g/mol. The smallest absolute Gasteiger partial charge is 0.395 e. The van der Waals surface area contributed by atoms with Crippen molar-refractivity contribution in [3.05, 3.63) is 0 Å². The highest BCUT2D eigenvalue weighted by Gasteiger charge is 2.88. The fraction of sp³-hybridized carbons (Fsp3) is 1.00. The Labute approximate surface area is 374 Å². The molecule has 11 unspecified atom stereocenters. The molecule has 0 amide bonds. The summed E-state index contributed by atoms with van der Waals surface area (Å²) in [7, 11) is -95.6. The van der Waals surface area contributed by atoms with Crippen molar-refractivity contribution in [3.8, 4) is 0 Å². The van der Waals surface area contributed by atoms with E-state index in [2.05, 4.69) is 4.12 Å². The van der Waals surface area contributed by atoms with Crippen molar-refractivity contribution < 1.29 is 153 Å². The van der Waals surface area contributed by atoms with Crippen LogP contribution in [0.5, 0.6) is 0 Å². The van der Waals surface area contributed by atoms with Gasteiger partial charge in [0.05, 0.1) is 0 Å². The summed E-state index contributed by atoms with van der Waals surface area (Å²) in [5.41, 5.74) is 0. The zero-order valence-corrected chi connectivity index (χ0v) is 51.3. The normalized spacial score (nSPS) is 49.3. The first-order chi connectivity index (χ1) is 27.6. The third kappa shape index (κ3) is 13.8. The summed E-state index contributed by atoms with van der Waals surface area (Å²) in [6.07, 6.45) is 0. The van der Waals surface area contributed by atoms with E-state index < -0.39 is 151 Å². The second kappa shape index (κ2) is 16.1. The summed E-state index contributed by atoms with van der Waals surface area (Å²) >= 11 is 0. The fourth-order valence-corrected chi connectivity index (χ4v) is 65.5. The molecule has 11 atom stereocenters. The largest absolute Gasteiger partial charge is 0.662 e. The van der Waals surface area contributed by atoms with Crippen LogP contribution in [0.4, 0.5) is 0 Å². The van der Waals surface area contributed by atoms with E-state index >= 15 is 0 Å². The van der Waals surface area contributed by atoms with E-state index in [4.69, 9.17) is 86.4 Å². The van der Waals surface area contributed by atoms with Gasteiger partial charge in [-0.05, 0) is 58.9 Å². The fourth-order valence-electron chi connectivity index (χ4n) is 5.49. The Kier molecular flexibility index (Phi) is 14.0. The molecule has 368 valence electrons. The van der Waals surface area contributed by atoms with Gasteiger partial charge < -0.3 is 153 Å². The standard InChI is InChI=1S/C11H46O35Si17/c1-47(2,3)25-55(19)28-50(10,12)29-58(22)40-60(24,38-55)41-59(23)34-54(17,18)37-63-36-53(15,16)33-52(13,14)35-61(45-63)31-51(11,32-62(43-58,44-59)46-63)30-56(20,26-48(4,5)6)39-57(21,42-61)27-49(7,8)9/h12-24H,1-11H3. The molecule has 6 heterocycles. The highest BCUT2D eigenvalue weighted by molar-refractivity contribution is 6.99. The lowest BCUT2D eigenvalue weighted by Crippen LogP contribution is -2.88. The Morgan fingerprint density at radius 3 is 1.05 bits per heavy atom. The first-order valence-electron chi connectivity index (χ1n) is 17.4. The lowest BCUT2D eigenvalue weighted by Gasteiger charge is -2.54.